The first-order valence-corrected chi connectivity index (χ1v) is 9.80. The van der Waals surface area contributed by atoms with E-state index in [0.717, 1.165) is 24.8 Å². The lowest BCUT2D eigenvalue weighted by atomic mass is 9.93. The molecule has 1 heterocycles. The van der Waals surface area contributed by atoms with Crippen LogP contribution in [0.3, 0.4) is 0 Å². The number of benzene rings is 1. The highest BCUT2D eigenvalue weighted by Crippen LogP contribution is 2.46. The van der Waals surface area contributed by atoms with E-state index in [4.69, 9.17) is 17.3 Å². The van der Waals surface area contributed by atoms with Gasteiger partial charge in [0.1, 0.15) is 11.6 Å². The van der Waals surface area contributed by atoms with Crippen LogP contribution in [0.15, 0.2) is 18.3 Å². The average molecular weight is 405 g/mol. The minimum atomic E-state index is -0.676. The molecule has 1 amide bonds. The smallest absolute Gasteiger partial charge is 0.258 e. The van der Waals surface area contributed by atoms with Gasteiger partial charge < -0.3 is 16.0 Å². The summed E-state index contributed by atoms with van der Waals surface area (Å²) in [5.41, 5.74) is 7.46. The lowest BCUT2D eigenvalue weighted by Gasteiger charge is -2.20. The summed E-state index contributed by atoms with van der Waals surface area (Å²) < 4.78 is 15.3. The van der Waals surface area contributed by atoms with Gasteiger partial charge in [0.2, 0.25) is 0 Å². The monoisotopic (exact) mass is 404 g/mol. The standard InChI is InChI=1S/C21H26ClFN4O/c1-11-5-6-12(9-11)16-18(22)14(10-26-20(16)25-2)13-7-8-15(24)17(19(13)23)21(28)27(3)4/h7-8,10-12H,5-6,9,24H2,1-4H3,(H,25,26)/t11-,12?/m0/s1. The van der Waals surface area contributed by atoms with Crippen LogP contribution in [-0.4, -0.2) is 36.9 Å². The molecule has 1 aliphatic rings. The predicted octanol–water partition coefficient (Wildman–Crippen LogP) is 4.77. The number of nitrogen functional groups attached to an aromatic ring is 1. The maximum Gasteiger partial charge on any atom is 0.258 e. The average Bonchev–Trinajstić information content (AvgIpc) is 3.07. The molecule has 2 atom stereocenters. The third-order valence-electron chi connectivity index (χ3n) is 5.48. The van der Waals surface area contributed by atoms with Gasteiger partial charge in [-0.05, 0) is 36.8 Å². The summed E-state index contributed by atoms with van der Waals surface area (Å²) >= 11 is 6.79. The van der Waals surface area contributed by atoms with E-state index in [0.29, 0.717) is 22.3 Å². The zero-order valence-electron chi connectivity index (χ0n) is 16.6. The van der Waals surface area contributed by atoms with Crippen LogP contribution in [0.5, 0.6) is 0 Å². The molecule has 7 heteroatoms. The van der Waals surface area contributed by atoms with Crippen molar-refractivity contribution in [1.82, 2.24) is 9.88 Å². The largest absolute Gasteiger partial charge is 0.398 e. The van der Waals surface area contributed by atoms with Crippen LogP contribution in [0.4, 0.5) is 15.9 Å². The summed E-state index contributed by atoms with van der Waals surface area (Å²) in [5.74, 6) is 0.445. The number of hydrogen-bond donors (Lipinski definition) is 2. The topological polar surface area (TPSA) is 71.2 Å². The van der Waals surface area contributed by atoms with Crippen molar-refractivity contribution in [2.75, 3.05) is 32.2 Å². The molecular formula is C21H26ClFN4O. The number of nitrogens with zero attached hydrogens (tertiary/aromatic N) is 2. The summed E-state index contributed by atoms with van der Waals surface area (Å²) in [5, 5.41) is 3.58. The second-order valence-electron chi connectivity index (χ2n) is 7.70. The molecule has 1 aromatic carbocycles. The SMILES string of the molecule is CNc1ncc(-c2ccc(N)c(C(=O)N(C)C)c2F)c(Cl)c1C1CC[C@H](C)C1. The Morgan fingerprint density at radius 1 is 1.32 bits per heavy atom. The van der Waals surface area contributed by atoms with E-state index in [-0.39, 0.29) is 22.7 Å². The summed E-state index contributed by atoms with van der Waals surface area (Å²) in [6.07, 6.45) is 4.73. The molecule has 0 radical (unpaired) electrons. The Bertz CT molecular complexity index is 916. The molecule has 0 spiro atoms. The van der Waals surface area contributed by atoms with Gasteiger partial charge in [-0.1, -0.05) is 24.9 Å². The Kier molecular flexibility index (Phi) is 5.79. The highest BCUT2D eigenvalue weighted by Gasteiger charge is 2.30. The second kappa shape index (κ2) is 7.95. The molecular weight excluding hydrogens is 379 g/mol. The molecule has 2 aromatic rings. The highest BCUT2D eigenvalue weighted by molar-refractivity contribution is 6.34. The second-order valence-corrected chi connectivity index (χ2v) is 8.08. The van der Waals surface area contributed by atoms with E-state index < -0.39 is 11.7 Å². The zero-order chi connectivity index (χ0) is 20.6. The Hall–Kier alpha value is -2.34. The number of rotatable bonds is 4. The fourth-order valence-corrected chi connectivity index (χ4v) is 4.37. The van der Waals surface area contributed by atoms with Gasteiger partial charge in [0.05, 0.1) is 10.6 Å². The molecule has 1 aromatic heterocycles. The first kappa shape index (κ1) is 20.4. The fourth-order valence-electron chi connectivity index (χ4n) is 3.97. The van der Waals surface area contributed by atoms with Crippen molar-refractivity contribution in [3.63, 3.8) is 0 Å². The molecule has 0 bridgehead atoms. The summed E-state index contributed by atoms with van der Waals surface area (Å²) in [6, 6.07) is 3.09. The Morgan fingerprint density at radius 2 is 2.04 bits per heavy atom. The number of anilines is 2. The number of amides is 1. The molecule has 0 saturated heterocycles. The summed E-state index contributed by atoms with van der Waals surface area (Å²) in [4.78, 5) is 18.2. The minimum absolute atomic E-state index is 0.0979. The first-order valence-electron chi connectivity index (χ1n) is 9.42. The normalized spacial score (nSPS) is 18.9. The van der Waals surface area contributed by atoms with E-state index in [1.54, 1.807) is 33.4 Å². The molecule has 1 unspecified atom stereocenters. The molecule has 5 nitrogen and oxygen atoms in total. The highest BCUT2D eigenvalue weighted by atomic mass is 35.5. The van der Waals surface area contributed by atoms with Gasteiger partial charge in [-0.2, -0.15) is 0 Å². The van der Waals surface area contributed by atoms with Crippen LogP contribution in [0.2, 0.25) is 5.02 Å². The lowest BCUT2D eigenvalue weighted by molar-refractivity contribution is 0.0824. The van der Waals surface area contributed by atoms with E-state index >= 15 is 4.39 Å². The summed E-state index contributed by atoms with van der Waals surface area (Å²) in [7, 11) is 4.92. The number of hydrogen-bond acceptors (Lipinski definition) is 4. The van der Waals surface area contributed by atoms with E-state index in [1.165, 1.54) is 11.0 Å². The lowest BCUT2D eigenvalue weighted by Crippen LogP contribution is -2.24. The number of pyridine rings is 1. The van der Waals surface area contributed by atoms with Crippen LogP contribution in [0.1, 0.15) is 48.0 Å². The number of carbonyl (C=O) groups excluding carboxylic acids is 1. The Balaban J connectivity index is 2.17. The number of nitrogens with two attached hydrogens (primary N) is 1. The van der Waals surface area contributed by atoms with Crippen molar-refractivity contribution in [3.8, 4) is 11.1 Å². The van der Waals surface area contributed by atoms with E-state index in [2.05, 4.69) is 17.2 Å². The Morgan fingerprint density at radius 3 is 2.61 bits per heavy atom. The predicted molar refractivity (Wildman–Crippen MR) is 112 cm³/mol. The molecule has 150 valence electrons. The van der Waals surface area contributed by atoms with Gasteiger partial charge >= 0.3 is 0 Å². The molecule has 1 saturated carbocycles. The van der Waals surface area contributed by atoms with Gasteiger partial charge in [0.15, 0.2) is 0 Å². The third-order valence-corrected chi connectivity index (χ3v) is 5.88. The maximum atomic E-state index is 15.3. The molecule has 3 rings (SSSR count). The van der Waals surface area contributed by atoms with Crippen molar-refractivity contribution in [2.45, 2.75) is 32.1 Å². The molecule has 28 heavy (non-hydrogen) atoms. The quantitative estimate of drug-likeness (QED) is 0.720. The number of carbonyl (C=O) groups is 1. The number of nitrogens with one attached hydrogen (secondary N) is 1. The van der Waals surface area contributed by atoms with Gasteiger partial charge in [-0.15, -0.1) is 0 Å². The molecule has 1 aliphatic carbocycles. The van der Waals surface area contributed by atoms with E-state index in [9.17, 15) is 4.79 Å². The van der Waals surface area contributed by atoms with Crippen LogP contribution in [0.25, 0.3) is 11.1 Å². The number of aromatic nitrogens is 1. The van der Waals surface area contributed by atoms with Crippen molar-refractivity contribution >= 4 is 29.0 Å². The Labute approximate surface area is 170 Å². The third kappa shape index (κ3) is 3.53. The van der Waals surface area contributed by atoms with Crippen LogP contribution in [0, 0.1) is 11.7 Å². The molecule has 1 fully saturated rings. The zero-order valence-corrected chi connectivity index (χ0v) is 17.4. The van der Waals surface area contributed by atoms with Crippen molar-refractivity contribution in [2.24, 2.45) is 5.92 Å². The fraction of sp³-hybridized carbons (Fsp3) is 0.429. The van der Waals surface area contributed by atoms with Crippen molar-refractivity contribution in [3.05, 3.63) is 40.3 Å². The van der Waals surface area contributed by atoms with Crippen LogP contribution >= 0.6 is 11.6 Å². The van der Waals surface area contributed by atoms with Gasteiger partial charge in [-0.3, -0.25) is 4.79 Å². The summed E-state index contributed by atoms with van der Waals surface area (Å²) in [6.45, 7) is 2.23. The minimum Gasteiger partial charge on any atom is -0.398 e. The van der Waals surface area contributed by atoms with Gasteiger partial charge in [0.25, 0.3) is 5.91 Å². The molecule has 3 N–H and O–H groups in total. The van der Waals surface area contributed by atoms with Gasteiger partial charge in [-0.25, -0.2) is 9.37 Å². The maximum absolute atomic E-state index is 15.3. The first-order chi connectivity index (χ1) is 13.3. The van der Waals surface area contributed by atoms with E-state index in [1.807, 2.05) is 0 Å². The van der Waals surface area contributed by atoms with Crippen molar-refractivity contribution < 1.29 is 9.18 Å². The van der Waals surface area contributed by atoms with Crippen molar-refractivity contribution in [1.29, 1.82) is 0 Å². The van der Waals surface area contributed by atoms with Crippen LogP contribution < -0.4 is 11.1 Å². The van der Waals surface area contributed by atoms with Crippen LogP contribution in [-0.2, 0) is 0 Å². The number of halogens is 2. The van der Waals surface area contributed by atoms with Gasteiger partial charge in [0, 0.05) is 49.7 Å². The molecule has 0 aliphatic heterocycles.